The number of nitrogens with zero attached hydrogens (tertiary/aromatic N) is 2. The quantitative estimate of drug-likeness (QED) is 0.281. The summed E-state index contributed by atoms with van der Waals surface area (Å²) in [7, 11) is 0. The van der Waals surface area contributed by atoms with E-state index in [0.29, 0.717) is 5.69 Å². The Morgan fingerprint density at radius 2 is 1.55 bits per heavy atom. The van der Waals surface area contributed by atoms with Gasteiger partial charge in [0, 0.05) is 23.7 Å². The summed E-state index contributed by atoms with van der Waals surface area (Å²) in [5, 5.41) is 3.12. The van der Waals surface area contributed by atoms with E-state index in [2.05, 4.69) is 26.1 Å². The van der Waals surface area contributed by atoms with Gasteiger partial charge in [0.15, 0.2) is 29.1 Å². The van der Waals surface area contributed by atoms with Gasteiger partial charge in [-0.25, -0.2) is 22.5 Å². The molecule has 0 saturated carbocycles. The maximum atomic E-state index is 13.9. The summed E-state index contributed by atoms with van der Waals surface area (Å²) in [5.41, 5.74) is 4.99. The Labute approximate surface area is 165 Å². The van der Waals surface area contributed by atoms with Gasteiger partial charge < -0.3 is 5.32 Å². The third-order valence-electron chi connectivity index (χ3n) is 4.21. The summed E-state index contributed by atoms with van der Waals surface area (Å²) in [6.07, 6.45) is 0.818. The molecule has 9 heteroatoms. The first-order chi connectivity index (χ1) is 13.9. The molecule has 0 amide bonds. The van der Waals surface area contributed by atoms with Crippen molar-refractivity contribution in [3.63, 3.8) is 0 Å². The number of nitrogens with one attached hydrogen (secondary N) is 3. The van der Waals surface area contributed by atoms with Crippen LogP contribution in [0.15, 0.2) is 42.5 Å². The zero-order chi connectivity index (χ0) is 21.0. The van der Waals surface area contributed by atoms with Gasteiger partial charge >= 0.3 is 0 Å². The van der Waals surface area contributed by atoms with Crippen LogP contribution in [0.1, 0.15) is 20.3 Å². The van der Waals surface area contributed by atoms with E-state index in [9.17, 15) is 17.6 Å². The summed E-state index contributed by atoms with van der Waals surface area (Å²) in [6, 6.07) is 11.0. The molecular weight excluding hydrogens is 386 g/mol. The van der Waals surface area contributed by atoms with Crippen molar-refractivity contribution in [2.45, 2.75) is 26.3 Å². The van der Waals surface area contributed by atoms with Gasteiger partial charge in [0.1, 0.15) is 5.69 Å². The summed E-state index contributed by atoms with van der Waals surface area (Å²) in [6.45, 7) is 3.94. The number of aromatic nitrogens is 2. The van der Waals surface area contributed by atoms with Crippen molar-refractivity contribution < 1.29 is 17.6 Å². The molecule has 1 aromatic heterocycles. The van der Waals surface area contributed by atoms with E-state index >= 15 is 0 Å². The lowest BCUT2D eigenvalue weighted by atomic mass is 10.1. The van der Waals surface area contributed by atoms with Crippen LogP contribution in [0.4, 0.5) is 35.0 Å². The van der Waals surface area contributed by atoms with Gasteiger partial charge in [0.2, 0.25) is 5.95 Å². The fraction of sp³-hybridized carbons (Fsp3) is 0.200. The number of benzene rings is 2. The van der Waals surface area contributed by atoms with E-state index in [-0.39, 0.29) is 23.9 Å². The Balaban J connectivity index is 1.93. The Hall–Kier alpha value is -3.36. The molecule has 1 atom stereocenters. The molecule has 3 N–H and O–H groups in total. The van der Waals surface area contributed by atoms with Crippen molar-refractivity contribution >= 4 is 17.5 Å². The second-order valence-electron chi connectivity index (χ2n) is 6.37. The average Bonchev–Trinajstić information content (AvgIpc) is 2.72. The van der Waals surface area contributed by atoms with Crippen molar-refractivity contribution in [2.24, 2.45) is 0 Å². The van der Waals surface area contributed by atoms with E-state index in [4.69, 9.17) is 0 Å². The highest BCUT2D eigenvalue weighted by molar-refractivity contribution is 5.65. The topological polar surface area (TPSA) is 61.9 Å². The minimum atomic E-state index is -1.55. The fourth-order valence-corrected chi connectivity index (χ4v) is 2.46. The van der Waals surface area contributed by atoms with E-state index in [1.807, 2.05) is 44.2 Å². The highest BCUT2D eigenvalue weighted by atomic mass is 19.2. The number of anilines is 3. The van der Waals surface area contributed by atoms with Crippen LogP contribution >= 0.6 is 0 Å². The van der Waals surface area contributed by atoms with E-state index in [1.165, 1.54) is 6.07 Å². The molecule has 0 saturated heterocycles. The number of rotatable bonds is 7. The van der Waals surface area contributed by atoms with Crippen molar-refractivity contribution in [2.75, 3.05) is 16.2 Å². The molecule has 29 heavy (non-hydrogen) atoms. The molecule has 0 aliphatic heterocycles. The molecule has 2 aromatic carbocycles. The van der Waals surface area contributed by atoms with Crippen LogP contribution in [0.3, 0.4) is 0 Å². The van der Waals surface area contributed by atoms with E-state index in [0.717, 1.165) is 12.0 Å². The molecule has 3 rings (SSSR count). The van der Waals surface area contributed by atoms with Crippen LogP contribution in [-0.2, 0) is 0 Å². The Morgan fingerprint density at radius 3 is 2.17 bits per heavy atom. The largest absolute Gasteiger partial charge is 0.352 e. The maximum Gasteiger partial charge on any atom is 0.225 e. The van der Waals surface area contributed by atoms with Crippen molar-refractivity contribution in [1.82, 2.24) is 9.97 Å². The molecule has 0 fully saturated rings. The van der Waals surface area contributed by atoms with Crippen molar-refractivity contribution in [3.8, 4) is 11.3 Å². The van der Waals surface area contributed by atoms with Crippen LogP contribution in [0.5, 0.6) is 0 Å². The summed E-state index contributed by atoms with van der Waals surface area (Å²) < 4.78 is 54.5. The lowest BCUT2D eigenvalue weighted by Crippen LogP contribution is -2.18. The minimum absolute atomic E-state index is 0.0778. The molecule has 1 heterocycles. The lowest BCUT2D eigenvalue weighted by Gasteiger charge is -2.16. The predicted octanol–water partition coefficient (Wildman–Crippen LogP) is 5.35. The molecule has 0 aliphatic carbocycles. The Bertz CT molecular complexity index is 972. The molecule has 152 valence electrons. The second kappa shape index (κ2) is 8.76. The second-order valence-corrected chi connectivity index (χ2v) is 6.37. The average molecular weight is 405 g/mol. The third kappa shape index (κ3) is 4.74. The normalized spacial score (nSPS) is 11.8. The molecular formula is C20H19F4N5. The highest BCUT2D eigenvalue weighted by Crippen LogP contribution is 2.25. The first-order valence-electron chi connectivity index (χ1n) is 8.95. The van der Waals surface area contributed by atoms with Gasteiger partial charge in [-0.2, -0.15) is 4.98 Å². The van der Waals surface area contributed by atoms with Crippen LogP contribution in [-0.4, -0.2) is 16.0 Å². The number of hydrazine groups is 1. The van der Waals surface area contributed by atoms with Gasteiger partial charge in [0.25, 0.3) is 0 Å². The summed E-state index contributed by atoms with van der Waals surface area (Å²) >= 11 is 0. The first kappa shape index (κ1) is 20.4. The molecule has 0 bridgehead atoms. The lowest BCUT2D eigenvalue weighted by molar-refractivity contribution is 0.459. The Morgan fingerprint density at radius 1 is 0.897 bits per heavy atom. The summed E-state index contributed by atoms with van der Waals surface area (Å²) in [5.74, 6) is -5.69. The van der Waals surface area contributed by atoms with Crippen LogP contribution in [0, 0.1) is 23.3 Å². The van der Waals surface area contributed by atoms with Crippen LogP contribution in [0.25, 0.3) is 11.3 Å². The molecule has 0 unspecified atom stereocenters. The van der Waals surface area contributed by atoms with Gasteiger partial charge in [-0.3, -0.25) is 10.9 Å². The van der Waals surface area contributed by atoms with Crippen molar-refractivity contribution in [1.29, 1.82) is 0 Å². The third-order valence-corrected chi connectivity index (χ3v) is 4.21. The number of hydrogen-bond donors (Lipinski definition) is 3. The molecule has 0 radical (unpaired) electrons. The number of halogens is 4. The van der Waals surface area contributed by atoms with Gasteiger partial charge in [0.05, 0.1) is 5.69 Å². The highest BCUT2D eigenvalue weighted by Gasteiger charge is 2.19. The smallest absolute Gasteiger partial charge is 0.225 e. The zero-order valence-electron chi connectivity index (χ0n) is 15.7. The minimum Gasteiger partial charge on any atom is -0.352 e. The fourth-order valence-electron chi connectivity index (χ4n) is 2.46. The van der Waals surface area contributed by atoms with Crippen molar-refractivity contribution in [3.05, 3.63) is 65.7 Å². The van der Waals surface area contributed by atoms with E-state index in [1.54, 1.807) is 0 Å². The standard InChI is InChI=1S/C20H19F4N5/c1-3-11(2)25-20-26-15(12-7-5-4-6-8-12)10-16(27-20)28-29-19-17(23)13(21)9-14(22)18(19)24/h4-11,29H,3H2,1-2H3,(H2,25,26,27,28)/t11-/m1/s1. The SMILES string of the molecule is CC[C@@H](C)Nc1nc(NNc2c(F)c(F)cc(F)c2F)cc(-c2ccccc2)n1. The summed E-state index contributed by atoms with van der Waals surface area (Å²) in [4.78, 5) is 8.69. The monoisotopic (exact) mass is 405 g/mol. The molecule has 3 aromatic rings. The van der Waals surface area contributed by atoms with Crippen LogP contribution in [0.2, 0.25) is 0 Å². The first-order valence-corrected chi connectivity index (χ1v) is 8.95. The molecule has 0 spiro atoms. The molecule has 0 aliphatic rings. The predicted molar refractivity (Wildman–Crippen MR) is 104 cm³/mol. The zero-order valence-corrected chi connectivity index (χ0v) is 15.7. The maximum absolute atomic E-state index is 13.9. The number of hydrogen-bond acceptors (Lipinski definition) is 5. The Kier molecular flexibility index (Phi) is 6.16. The van der Waals surface area contributed by atoms with E-state index < -0.39 is 29.0 Å². The van der Waals surface area contributed by atoms with Gasteiger partial charge in [-0.15, -0.1) is 0 Å². The van der Waals surface area contributed by atoms with Gasteiger partial charge in [-0.05, 0) is 13.3 Å². The van der Waals surface area contributed by atoms with Gasteiger partial charge in [-0.1, -0.05) is 37.3 Å². The molecule has 5 nitrogen and oxygen atoms in total. The van der Waals surface area contributed by atoms with Crippen LogP contribution < -0.4 is 16.2 Å².